The lowest BCUT2D eigenvalue weighted by atomic mass is 9.98. The third-order valence-corrected chi connectivity index (χ3v) is 7.15. The van der Waals surface area contributed by atoms with Crippen molar-refractivity contribution >= 4 is 11.0 Å². The Balaban J connectivity index is 1.72. The Morgan fingerprint density at radius 1 is 0.694 bits per heavy atom. The van der Waals surface area contributed by atoms with E-state index in [1.54, 1.807) is 11.9 Å². The topological polar surface area (TPSA) is 60.2 Å². The lowest BCUT2D eigenvalue weighted by molar-refractivity contribution is 0.415. The van der Waals surface area contributed by atoms with E-state index in [-0.39, 0.29) is 0 Å². The molecule has 0 unspecified atom stereocenters. The predicted molar refractivity (Wildman–Crippen MR) is 150 cm³/mol. The third-order valence-electron chi connectivity index (χ3n) is 7.15. The number of phenolic OH excluding ortho intramolecular Hbond substituents is 1. The molecular formula is C31H47N3O2. The quantitative estimate of drug-likeness (QED) is 0.180. The van der Waals surface area contributed by atoms with Gasteiger partial charge in [0.1, 0.15) is 28.2 Å². The van der Waals surface area contributed by atoms with Crippen LogP contribution >= 0.6 is 0 Å². The second kappa shape index (κ2) is 15.5. The number of aromatic hydroxyl groups is 1. The Labute approximate surface area is 218 Å². The average molecular weight is 494 g/mol. The van der Waals surface area contributed by atoms with E-state index in [9.17, 15) is 5.11 Å². The van der Waals surface area contributed by atoms with Crippen molar-refractivity contribution in [3.8, 4) is 17.2 Å². The molecule has 198 valence electrons. The zero-order valence-electron chi connectivity index (χ0n) is 22.9. The molecule has 2 aromatic carbocycles. The van der Waals surface area contributed by atoms with Gasteiger partial charge in [-0.15, -0.1) is 15.0 Å². The van der Waals surface area contributed by atoms with Crippen molar-refractivity contribution in [2.24, 2.45) is 0 Å². The van der Waals surface area contributed by atoms with Crippen molar-refractivity contribution in [2.45, 2.75) is 117 Å². The molecule has 36 heavy (non-hydrogen) atoms. The van der Waals surface area contributed by atoms with E-state index in [0.717, 1.165) is 41.6 Å². The third kappa shape index (κ3) is 8.53. The largest absolute Gasteiger partial charge is 0.505 e. The van der Waals surface area contributed by atoms with Crippen molar-refractivity contribution in [2.75, 3.05) is 7.11 Å². The van der Waals surface area contributed by atoms with Gasteiger partial charge in [0.15, 0.2) is 0 Å². The number of fused-ring (bicyclic) bond motifs is 1. The Morgan fingerprint density at radius 3 is 1.92 bits per heavy atom. The summed E-state index contributed by atoms with van der Waals surface area (Å²) in [5.41, 5.74) is 4.54. The van der Waals surface area contributed by atoms with E-state index in [0.29, 0.717) is 11.4 Å². The Hall–Kier alpha value is -2.56. The second-order valence-corrected chi connectivity index (χ2v) is 10.2. The van der Waals surface area contributed by atoms with E-state index in [1.807, 2.05) is 18.2 Å². The minimum atomic E-state index is 0.316. The van der Waals surface area contributed by atoms with Crippen LogP contribution in [0, 0.1) is 0 Å². The Kier molecular flexibility index (Phi) is 12.1. The average Bonchev–Trinajstić information content (AvgIpc) is 3.32. The number of phenols is 1. The molecule has 0 fully saturated rings. The fourth-order valence-corrected chi connectivity index (χ4v) is 4.92. The summed E-state index contributed by atoms with van der Waals surface area (Å²) < 4.78 is 5.34. The number of methoxy groups -OCH3 is 1. The molecule has 0 amide bonds. The van der Waals surface area contributed by atoms with Crippen LogP contribution in [-0.4, -0.2) is 27.2 Å². The van der Waals surface area contributed by atoms with Gasteiger partial charge in [0.25, 0.3) is 0 Å². The van der Waals surface area contributed by atoms with Crippen molar-refractivity contribution in [1.29, 1.82) is 0 Å². The molecule has 0 aliphatic carbocycles. The standard InChI is InChI=1S/C31H47N3O2/c1-4-6-8-10-12-14-16-18-25-22-26(19-17-15-13-11-9-7-5-2)31(35)30(23-25)34-32-28-21-20-27(36-3)24-29(28)33-34/h20-24,35H,4-19H2,1-3H3. The molecule has 5 nitrogen and oxygen atoms in total. The van der Waals surface area contributed by atoms with Gasteiger partial charge in [-0.3, -0.25) is 0 Å². The smallest absolute Gasteiger partial charge is 0.146 e. The van der Waals surface area contributed by atoms with Crippen LogP contribution in [0.4, 0.5) is 0 Å². The number of ether oxygens (including phenoxy) is 1. The summed E-state index contributed by atoms with van der Waals surface area (Å²) in [4.78, 5) is 1.60. The molecule has 0 radical (unpaired) electrons. The fraction of sp³-hybridized carbons (Fsp3) is 0.613. The summed E-state index contributed by atoms with van der Waals surface area (Å²) in [6.07, 6.45) is 19.9. The van der Waals surface area contributed by atoms with Gasteiger partial charge in [-0.1, -0.05) is 97.0 Å². The number of hydrogen-bond donors (Lipinski definition) is 1. The van der Waals surface area contributed by atoms with Crippen molar-refractivity contribution in [1.82, 2.24) is 15.0 Å². The molecular weight excluding hydrogens is 446 g/mol. The highest BCUT2D eigenvalue weighted by Crippen LogP contribution is 2.31. The maximum Gasteiger partial charge on any atom is 0.146 e. The Bertz CT molecular complexity index is 1040. The van der Waals surface area contributed by atoms with Gasteiger partial charge in [0.05, 0.1) is 7.11 Å². The van der Waals surface area contributed by atoms with Crippen LogP contribution in [0.2, 0.25) is 0 Å². The first kappa shape index (κ1) is 28.0. The van der Waals surface area contributed by atoms with E-state index in [4.69, 9.17) is 4.74 Å². The molecule has 1 N–H and O–H groups in total. The highest BCUT2D eigenvalue weighted by Gasteiger charge is 2.15. The van der Waals surface area contributed by atoms with Crippen molar-refractivity contribution in [3.05, 3.63) is 41.5 Å². The van der Waals surface area contributed by atoms with Crippen LogP contribution in [-0.2, 0) is 12.8 Å². The summed E-state index contributed by atoms with van der Waals surface area (Å²) in [5, 5.41) is 20.6. The number of rotatable bonds is 18. The molecule has 0 aliphatic rings. The summed E-state index contributed by atoms with van der Waals surface area (Å²) >= 11 is 0. The van der Waals surface area contributed by atoms with Crippen LogP contribution in [0.3, 0.4) is 0 Å². The van der Waals surface area contributed by atoms with E-state index in [2.05, 4.69) is 36.2 Å². The Morgan fingerprint density at radius 2 is 1.28 bits per heavy atom. The summed E-state index contributed by atoms with van der Waals surface area (Å²) in [7, 11) is 1.65. The molecule has 5 heteroatoms. The predicted octanol–water partition coefficient (Wildman–Crippen LogP) is 8.72. The fourth-order valence-electron chi connectivity index (χ4n) is 4.92. The van der Waals surface area contributed by atoms with Crippen LogP contribution < -0.4 is 4.74 Å². The highest BCUT2D eigenvalue weighted by atomic mass is 16.5. The first-order chi connectivity index (χ1) is 17.7. The molecule has 0 saturated carbocycles. The van der Waals surface area contributed by atoms with Gasteiger partial charge in [-0.05, 0) is 55.0 Å². The minimum Gasteiger partial charge on any atom is -0.505 e. The highest BCUT2D eigenvalue weighted by molar-refractivity contribution is 5.76. The summed E-state index contributed by atoms with van der Waals surface area (Å²) in [6.45, 7) is 4.52. The van der Waals surface area contributed by atoms with Gasteiger partial charge in [-0.2, -0.15) is 0 Å². The maximum atomic E-state index is 11.2. The number of aryl methyl sites for hydroxylation is 2. The zero-order chi connectivity index (χ0) is 25.6. The van der Waals surface area contributed by atoms with E-state index in [1.165, 1.54) is 89.0 Å². The monoisotopic (exact) mass is 493 g/mol. The molecule has 1 heterocycles. The van der Waals surface area contributed by atoms with E-state index < -0.39 is 0 Å². The van der Waals surface area contributed by atoms with Gasteiger partial charge >= 0.3 is 0 Å². The normalized spacial score (nSPS) is 11.4. The molecule has 0 aliphatic heterocycles. The number of aromatic nitrogens is 3. The number of unbranched alkanes of at least 4 members (excludes halogenated alkanes) is 12. The SMILES string of the molecule is CCCCCCCCCc1cc(CCCCCCCCC)c(O)c(-n2nc3ccc(OC)cc3n2)c1. The molecule has 0 atom stereocenters. The van der Waals surface area contributed by atoms with Gasteiger partial charge in [0, 0.05) is 6.07 Å². The van der Waals surface area contributed by atoms with Crippen LogP contribution in [0.5, 0.6) is 11.5 Å². The van der Waals surface area contributed by atoms with E-state index >= 15 is 0 Å². The van der Waals surface area contributed by atoms with Gasteiger partial charge < -0.3 is 9.84 Å². The van der Waals surface area contributed by atoms with Gasteiger partial charge in [-0.25, -0.2) is 0 Å². The molecule has 1 aromatic heterocycles. The van der Waals surface area contributed by atoms with Gasteiger partial charge in [0.2, 0.25) is 0 Å². The molecule has 0 saturated heterocycles. The number of benzene rings is 2. The van der Waals surface area contributed by atoms with Crippen molar-refractivity contribution < 1.29 is 9.84 Å². The molecule has 0 spiro atoms. The van der Waals surface area contributed by atoms with Crippen LogP contribution in [0.25, 0.3) is 16.7 Å². The summed E-state index contributed by atoms with van der Waals surface area (Å²) in [5.74, 6) is 1.07. The number of hydrogen-bond acceptors (Lipinski definition) is 4. The maximum absolute atomic E-state index is 11.2. The second-order valence-electron chi connectivity index (χ2n) is 10.2. The number of nitrogens with zero attached hydrogens (tertiary/aromatic N) is 3. The molecule has 3 aromatic rings. The van der Waals surface area contributed by atoms with Crippen molar-refractivity contribution in [3.63, 3.8) is 0 Å². The first-order valence-electron chi connectivity index (χ1n) is 14.4. The molecule has 0 bridgehead atoms. The molecule has 3 rings (SSSR count). The van der Waals surface area contributed by atoms with Crippen LogP contribution in [0.15, 0.2) is 30.3 Å². The van der Waals surface area contributed by atoms with Crippen LogP contribution in [0.1, 0.15) is 115 Å². The summed E-state index contributed by atoms with van der Waals surface area (Å²) in [6, 6.07) is 9.99. The lowest BCUT2D eigenvalue weighted by Crippen LogP contribution is -2.03. The minimum absolute atomic E-state index is 0.316. The lowest BCUT2D eigenvalue weighted by Gasteiger charge is -2.13. The zero-order valence-corrected chi connectivity index (χ0v) is 22.9. The first-order valence-corrected chi connectivity index (χ1v) is 14.4.